The number of aromatic nitrogens is 2. The van der Waals surface area contributed by atoms with Crippen LogP contribution in [0.15, 0.2) is 18.2 Å². The highest BCUT2D eigenvalue weighted by molar-refractivity contribution is 5.60. The number of rotatable bonds is 5. The maximum Gasteiger partial charge on any atom is 0.196 e. The Kier molecular flexibility index (Phi) is 4.84. The number of anilines is 3. The number of nitrogens with one attached hydrogen (secondary N) is 2. The number of halogens is 3. The zero-order valence-corrected chi connectivity index (χ0v) is 13.1. The molecule has 1 aliphatic rings. The summed E-state index contributed by atoms with van der Waals surface area (Å²) in [6.07, 6.45) is 2.17. The lowest BCUT2D eigenvalue weighted by atomic mass is 10.2. The lowest BCUT2D eigenvalue weighted by molar-refractivity contribution is 0.120. The third kappa shape index (κ3) is 3.76. The van der Waals surface area contributed by atoms with Crippen molar-refractivity contribution in [1.29, 1.82) is 0 Å². The Bertz CT molecular complexity index is 736. The monoisotopic (exact) mass is 338 g/mol. The second kappa shape index (κ2) is 7.04. The van der Waals surface area contributed by atoms with Crippen LogP contribution in [0.3, 0.4) is 0 Å². The van der Waals surface area contributed by atoms with E-state index in [1.165, 1.54) is 0 Å². The van der Waals surface area contributed by atoms with Crippen molar-refractivity contribution in [2.75, 3.05) is 23.8 Å². The third-order valence-electron chi connectivity index (χ3n) is 3.67. The molecule has 1 fully saturated rings. The topological polar surface area (TPSA) is 59.1 Å². The van der Waals surface area contributed by atoms with Crippen molar-refractivity contribution in [2.24, 2.45) is 0 Å². The number of benzene rings is 1. The Hall–Kier alpha value is -2.35. The molecule has 1 atom stereocenters. The molecule has 3 rings (SSSR count). The molecule has 0 spiro atoms. The molecule has 1 aliphatic heterocycles. The van der Waals surface area contributed by atoms with E-state index in [0.29, 0.717) is 18.2 Å². The molecule has 2 heterocycles. The molecule has 0 saturated carbocycles. The Morgan fingerprint density at radius 3 is 2.71 bits per heavy atom. The summed E-state index contributed by atoms with van der Waals surface area (Å²) < 4.78 is 45.6. The van der Waals surface area contributed by atoms with E-state index in [-0.39, 0.29) is 17.6 Å². The molecular weight excluding hydrogens is 321 g/mol. The second-order valence-electron chi connectivity index (χ2n) is 5.55. The summed E-state index contributed by atoms with van der Waals surface area (Å²) in [6.45, 7) is 3.05. The van der Waals surface area contributed by atoms with Crippen LogP contribution in [0.25, 0.3) is 0 Å². The summed E-state index contributed by atoms with van der Waals surface area (Å²) in [5.41, 5.74) is -0.197. The van der Waals surface area contributed by atoms with Gasteiger partial charge in [-0.1, -0.05) is 0 Å². The number of hydrogen-bond acceptors (Lipinski definition) is 5. The maximum atomic E-state index is 13.7. The molecule has 128 valence electrons. The number of ether oxygens (including phenoxy) is 1. The minimum absolute atomic E-state index is 0.139. The van der Waals surface area contributed by atoms with E-state index in [9.17, 15) is 13.2 Å². The Balaban J connectivity index is 1.74. The van der Waals surface area contributed by atoms with Crippen molar-refractivity contribution in [2.45, 2.75) is 25.9 Å². The molecule has 0 aliphatic carbocycles. The average molecular weight is 338 g/mol. The molecule has 1 unspecified atom stereocenters. The fourth-order valence-electron chi connectivity index (χ4n) is 2.51. The summed E-state index contributed by atoms with van der Waals surface area (Å²) in [5, 5.41) is 5.79. The Morgan fingerprint density at radius 1 is 1.17 bits per heavy atom. The maximum absolute atomic E-state index is 13.7. The van der Waals surface area contributed by atoms with Crippen molar-refractivity contribution >= 4 is 17.3 Å². The van der Waals surface area contributed by atoms with Crippen LogP contribution in [0.1, 0.15) is 18.7 Å². The van der Waals surface area contributed by atoms with Gasteiger partial charge in [0, 0.05) is 19.2 Å². The average Bonchev–Trinajstić information content (AvgIpc) is 3.07. The molecule has 2 N–H and O–H groups in total. The van der Waals surface area contributed by atoms with E-state index in [0.717, 1.165) is 31.6 Å². The largest absolute Gasteiger partial charge is 0.376 e. The van der Waals surface area contributed by atoms with Crippen LogP contribution in [0.2, 0.25) is 0 Å². The second-order valence-corrected chi connectivity index (χ2v) is 5.55. The van der Waals surface area contributed by atoms with Gasteiger partial charge in [0.2, 0.25) is 0 Å². The van der Waals surface area contributed by atoms with Gasteiger partial charge in [-0.25, -0.2) is 23.1 Å². The van der Waals surface area contributed by atoms with Crippen molar-refractivity contribution in [3.63, 3.8) is 0 Å². The highest BCUT2D eigenvalue weighted by Crippen LogP contribution is 2.24. The van der Waals surface area contributed by atoms with Crippen LogP contribution in [0.4, 0.5) is 30.5 Å². The lowest BCUT2D eigenvalue weighted by Gasteiger charge is -2.13. The number of hydrogen-bond donors (Lipinski definition) is 2. The van der Waals surface area contributed by atoms with Crippen LogP contribution in [0, 0.1) is 24.4 Å². The highest BCUT2D eigenvalue weighted by Gasteiger charge is 2.16. The van der Waals surface area contributed by atoms with Gasteiger partial charge < -0.3 is 15.4 Å². The van der Waals surface area contributed by atoms with Crippen LogP contribution >= 0.6 is 0 Å². The summed E-state index contributed by atoms with van der Waals surface area (Å²) >= 11 is 0. The molecule has 0 amide bonds. The van der Waals surface area contributed by atoms with Gasteiger partial charge in [-0.2, -0.15) is 0 Å². The fourth-order valence-corrected chi connectivity index (χ4v) is 2.51. The van der Waals surface area contributed by atoms with Gasteiger partial charge in [0.1, 0.15) is 17.5 Å². The third-order valence-corrected chi connectivity index (χ3v) is 3.67. The summed E-state index contributed by atoms with van der Waals surface area (Å²) in [5.74, 6) is -2.78. The first-order chi connectivity index (χ1) is 11.5. The zero-order valence-electron chi connectivity index (χ0n) is 13.1. The van der Waals surface area contributed by atoms with Gasteiger partial charge in [0.15, 0.2) is 17.5 Å². The normalized spacial score (nSPS) is 17.1. The minimum atomic E-state index is -1.53. The fraction of sp³-hybridized carbons (Fsp3) is 0.375. The molecule has 0 bridgehead atoms. The molecule has 1 aromatic heterocycles. The molecule has 8 heteroatoms. The van der Waals surface area contributed by atoms with Crippen LogP contribution in [0.5, 0.6) is 0 Å². The van der Waals surface area contributed by atoms with Gasteiger partial charge in [-0.3, -0.25) is 0 Å². The Morgan fingerprint density at radius 2 is 1.96 bits per heavy atom. The van der Waals surface area contributed by atoms with E-state index in [4.69, 9.17) is 4.74 Å². The van der Waals surface area contributed by atoms with Gasteiger partial charge >= 0.3 is 0 Å². The first kappa shape index (κ1) is 16.5. The van der Waals surface area contributed by atoms with Crippen LogP contribution in [-0.4, -0.2) is 29.2 Å². The van der Waals surface area contributed by atoms with Crippen molar-refractivity contribution < 1.29 is 17.9 Å². The standard InChI is InChI=1S/C16H17F3N4O/c1-9-21-13(20-8-10-3-2-6-24-10)7-14(22-9)23-12-5-4-11(17)15(18)16(12)19/h4-5,7,10H,2-3,6,8H2,1H3,(H2,20,21,22,23). The van der Waals surface area contributed by atoms with E-state index < -0.39 is 17.5 Å². The molecule has 24 heavy (non-hydrogen) atoms. The summed E-state index contributed by atoms with van der Waals surface area (Å²) in [6, 6.07) is 3.54. The van der Waals surface area contributed by atoms with Crippen molar-refractivity contribution in [1.82, 2.24) is 9.97 Å². The molecule has 0 radical (unpaired) electrons. The van der Waals surface area contributed by atoms with Gasteiger partial charge in [0.25, 0.3) is 0 Å². The van der Waals surface area contributed by atoms with Gasteiger partial charge in [-0.15, -0.1) is 0 Å². The first-order valence-corrected chi connectivity index (χ1v) is 7.64. The predicted octanol–water partition coefficient (Wildman–Crippen LogP) is 3.54. The summed E-state index contributed by atoms with van der Waals surface area (Å²) in [7, 11) is 0. The highest BCUT2D eigenvalue weighted by atomic mass is 19.2. The first-order valence-electron chi connectivity index (χ1n) is 7.64. The van der Waals surface area contributed by atoms with Gasteiger partial charge in [-0.05, 0) is 31.9 Å². The minimum Gasteiger partial charge on any atom is -0.376 e. The van der Waals surface area contributed by atoms with Crippen LogP contribution in [-0.2, 0) is 4.74 Å². The van der Waals surface area contributed by atoms with Gasteiger partial charge in [0.05, 0.1) is 11.8 Å². The molecule has 1 saturated heterocycles. The quantitative estimate of drug-likeness (QED) is 0.817. The lowest BCUT2D eigenvalue weighted by Crippen LogP contribution is -2.19. The van der Waals surface area contributed by atoms with E-state index in [1.807, 2.05) is 0 Å². The molecule has 5 nitrogen and oxygen atoms in total. The molecular formula is C16H17F3N4O. The molecule has 1 aromatic carbocycles. The Labute approximate surface area is 137 Å². The van der Waals surface area contributed by atoms with Crippen LogP contribution < -0.4 is 10.6 Å². The molecule has 2 aromatic rings. The van der Waals surface area contributed by atoms with Crippen molar-refractivity contribution in [3.05, 3.63) is 41.5 Å². The smallest absolute Gasteiger partial charge is 0.196 e. The number of aryl methyl sites for hydroxylation is 1. The van der Waals surface area contributed by atoms with E-state index in [2.05, 4.69) is 20.6 Å². The van der Waals surface area contributed by atoms with E-state index in [1.54, 1.807) is 13.0 Å². The SMILES string of the molecule is Cc1nc(NCC2CCCO2)cc(Nc2ccc(F)c(F)c2F)n1. The van der Waals surface area contributed by atoms with E-state index >= 15 is 0 Å². The predicted molar refractivity (Wildman–Crippen MR) is 83.8 cm³/mol. The number of nitrogens with zero attached hydrogens (tertiary/aromatic N) is 2. The van der Waals surface area contributed by atoms with Crippen molar-refractivity contribution in [3.8, 4) is 0 Å². The zero-order chi connectivity index (χ0) is 17.1. The summed E-state index contributed by atoms with van der Waals surface area (Å²) in [4.78, 5) is 8.37.